The van der Waals surface area contributed by atoms with Gasteiger partial charge in [-0.25, -0.2) is 8.42 Å². The minimum Gasteiger partial charge on any atom is -0.313 e. The smallest absolute Gasteiger partial charge is 0.150 e. The highest BCUT2D eigenvalue weighted by Gasteiger charge is 2.22. The summed E-state index contributed by atoms with van der Waals surface area (Å²) in [6, 6.07) is 10.7. The van der Waals surface area contributed by atoms with Crippen molar-refractivity contribution in [3.05, 3.63) is 30.3 Å². The van der Waals surface area contributed by atoms with Crippen LogP contribution in [0.2, 0.25) is 0 Å². The lowest BCUT2D eigenvalue weighted by atomic mass is 10.1. The van der Waals surface area contributed by atoms with E-state index in [1.165, 1.54) is 4.90 Å². The first-order chi connectivity index (χ1) is 8.66. The molecule has 3 nitrogen and oxygen atoms in total. The van der Waals surface area contributed by atoms with Gasteiger partial charge in [0.2, 0.25) is 0 Å². The van der Waals surface area contributed by atoms with Crippen LogP contribution >= 0.6 is 11.8 Å². The van der Waals surface area contributed by atoms with Crippen LogP contribution in [0.4, 0.5) is 0 Å². The van der Waals surface area contributed by atoms with Crippen LogP contribution in [0, 0.1) is 0 Å². The van der Waals surface area contributed by atoms with Crippen LogP contribution in [0.25, 0.3) is 0 Å². The van der Waals surface area contributed by atoms with Gasteiger partial charge in [0.15, 0.2) is 0 Å². The van der Waals surface area contributed by atoms with Gasteiger partial charge in [-0.1, -0.05) is 18.2 Å². The molecule has 1 N–H and O–H groups in total. The lowest BCUT2D eigenvalue weighted by molar-refractivity contribution is 0.476. The topological polar surface area (TPSA) is 46.2 Å². The summed E-state index contributed by atoms with van der Waals surface area (Å²) >= 11 is 1.83. The SMILES string of the molecule is O=S1(=O)CCC(NCCSc2ccccc2)CC1. The summed E-state index contributed by atoms with van der Waals surface area (Å²) in [5, 5.41) is 3.44. The summed E-state index contributed by atoms with van der Waals surface area (Å²) in [6.07, 6.45) is 1.52. The number of hydrogen-bond donors (Lipinski definition) is 1. The van der Waals surface area contributed by atoms with Crippen molar-refractivity contribution in [2.45, 2.75) is 23.8 Å². The molecule has 1 heterocycles. The highest BCUT2D eigenvalue weighted by molar-refractivity contribution is 7.99. The van der Waals surface area contributed by atoms with Crippen molar-refractivity contribution in [3.63, 3.8) is 0 Å². The highest BCUT2D eigenvalue weighted by atomic mass is 32.2. The second kappa shape index (κ2) is 6.59. The molecule has 1 saturated heterocycles. The van der Waals surface area contributed by atoms with Crippen LogP contribution in [-0.4, -0.2) is 38.3 Å². The standard InChI is InChI=1S/C13H19NO2S2/c15-18(16)10-6-12(7-11-18)14-8-9-17-13-4-2-1-3-5-13/h1-5,12,14H,6-11H2. The van der Waals surface area contributed by atoms with Crippen LogP contribution in [0.15, 0.2) is 35.2 Å². The Hall–Kier alpha value is -0.520. The van der Waals surface area contributed by atoms with Gasteiger partial charge in [0, 0.05) is 23.2 Å². The average molecular weight is 285 g/mol. The molecule has 1 fully saturated rings. The minimum absolute atomic E-state index is 0.344. The van der Waals surface area contributed by atoms with Crippen molar-refractivity contribution in [2.24, 2.45) is 0 Å². The van der Waals surface area contributed by atoms with E-state index in [4.69, 9.17) is 0 Å². The van der Waals surface area contributed by atoms with Crippen molar-refractivity contribution >= 4 is 21.6 Å². The predicted octanol–water partition coefficient (Wildman–Crippen LogP) is 1.95. The number of rotatable bonds is 5. The highest BCUT2D eigenvalue weighted by Crippen LogP contribution is 2.16. The van der Waals surface area contributed by atoms with Gasteiger partial charge < -0.3 is 5.32 Å². The number of nitrogens with one attached hydrogen (secondary N) is 1. The fraction of sp³-hybridized carbons (Fsp3) is 0.538. The largest absolute Gasteiger partial charge is 0.313 e. The predicted molar refractivity (Wildman–Crippen MR) is 76.8 cm³/mol. The lowest BCUT2D eigenvalue weighted by Crippen LogP contribution is -2.38. The molecule has 18 heavy (non-hydrogen) atoms. The number of thioether (sulfide) groups is 1. The molecular formula is C13H19NO2S2. The van der Waals surface area contributed by atoms with Gasteiger partial charge in [0.1, 0.15) is 9.84 Å². The second-order valence-corrected chi connectivity index (χ2v) is 8.01. The maximum absolute atomic E-state index is 11.3. The molecule has 0 saturated carbocycles. The molecule has 2 rings (SSSR count). The lowest BCUT2D eigenvalue weighted by Gasteiger charge is -2.22. The summed E-state index contributed by atoms with van der Waals surface area (Å²) in [5.41, 5.74) is 0. The Morgan fingerprint density at radius 1 is 1.17 bits per heavy atom. The van der Waals surface area contributed by atoms with E-state index >= 15 is 0 Å². The van der Waals surface area contributed by atoms with E-state index in [0.717, 1.165) is 25.1 Å². The van der Waals surface area contributed by atoms with Crippen molar-refractivity contribution in [1.29, 1.82) is 0 Å². The van der Waals surface area contributed by atoms with E-state index in [-0.39, 0.29) is 0 Å². The first-order valence-electron chi connectivity index (χ1n) is 6.27. The van der Waals surface area contributed by atoms with Crippen molar-refractivity contribution < 1.29 is 8.42 Å². The fourth-order valence-corrected chi connectivity index (χ4v) is 4.34. The molecule has 1 aliphatic rings. The van der Waals surface area contributed by atoms with Crippen LogP contribution < -0.4 is 5.32 Å². The van der Waals surface area contributed by atoms with E-state index in [2.05, 4.69) is 17.4 Å². The molecule has 5 heteroatoms. The van der Waals surface area contributed by atoms with E-state index in [1.54, 1.807) is 0 Å². The zero-order valence-corrected chi connectivity index (χ0v) is 12.0. The molecule has 0 atom stereocenters. The first kappa shape index (κ1) is 13.9. The molecule has 0 spiro atoms. The third-order valence-corrected chi connectivity index (χ3v) is 5.83. The van der Waals surface area contributed by atoms with Crippen LogP contribution in [0.1, 0.15) is 12.8 Å². The number of benzene rings is 1. The molecule has 0 amide bonds. The monoisotopic (exact) mass is 285 g/mol. The van der Waals surface area contributed by atoms with Crippen LogP contribution in [0.5, 0.6) is 0 Å². The van der Waals surface area contributed by atoms with Crippen molar-refractivity contribution in [2.75, 3.05) is 23.8 Å². The third kappa shape index (κ3) is 4.63. The van der Waals surface area contributed by atoms with E-state index < -0.39 is 9.84 Å². The van der Waals surface area contributed by atoms with Crippen molar-refractivity contribution in [3.8, 4) is 0 Å². The third-order valence-electron chi connectivity index (χ3n) is 3.10. The Morgan fingerprint density at radius 2 is 1.83 bits per heavy atom. The number of sulfone groups is 1. The summed E-state index contributed by atoms with van der Waals surface area (Å²) in [4.78, 5) is 1.28. The van der Waals surface area contributed by atoms with Gasteiger partial charge >= 0.3 is 0 Å². The van der Waals surface area contributed by atoms with E-state index in [9.17, 15) is 8.42 Å². The maximum Gasteiger partial charge on any atom is 0.150 e. The van der Waals surface area contributed by atoms with Gasteiger partial charge in [0.25, 0.3) is 0 Å². The molecule has 1 aromatic carbocycles. The summed E-state index contributed by atoms with van der Waals surface area (Å²) in [5.74, 6) is 1.71. The zero-order valence-electron chi connectivity index (χ0n) is 10.3. The van der Waals surface area contributed by atoms with Gasteiger partial charge in [-0.2, -0.15) is 0 Å². The molecule has 0 unspecified atom stereocenters. The first-order valence-corrected chi connectivity index (χ1v) is 9.08. The van der Waals surface area contributed by atoms with Gasteiger partial charge in [-0.3, -0.25) is 0 Å². The van der Waals surface area contributed by atoms with Gasteiger partial charge in [-0.15, -0.1) is 11.8 Å². The van der Waals surface area contributed by atoms with E-state index in [0.29, 0.717) is 17.5 Å². The summed E-state index contributed by atoms with van der Waals surface area (Å²) < 4.78 is 22.6. The normalized spacial score (nSPS) is 19.8. The Morgan fingerprint density at radius 3 is 2.50 bits per heavy atom. The summed E-state index contributed by atoms with van der Waals surface area (Å²) in [6.45, 7) is 0.935. The van der Waals surface area contributed by atoms with Gasteiger partial charge in [-0.05, 0) is 25.0 Å². The van der Waals surface area contributed by atoms with Gasteiger partial charge in [0.05, 0.1) is 11.5 Å². The Labute approximate surface area is 113 Å². The molecule has 0 bridgehead atoms. The quantitative estimate of drug-likeness (QED) is 0.663. The zero-order chi connectivity index (χ0) is 12.8. The van der Waals surface area contributed by atoms with Crippen molar-refractivity contribution in [1.82, 2.24) is 5.32 Å². The minimum atomic E-state index is -2.73. The average Bonchev–Trinajstić information content (AvgIpc) is 2.37. The fourth-order valence-electron chi connectivity index (χ4n) is 2.04. The second-order valence-electron chi connectivity index (χ2n) is 4.54. The number of hydrogen-bond acceptors (Lipinski definition) is 4. The molecule has 0 aromatic heterocycles. The Bertz CT molecular complexity index is 445. The molecular weight excluding hydrogens is 266 g/mol. The van der Waals surface area contributed by atoms with Crippen LogP contribution in [-0.2, 0) is 9.84 Å². The molecule has 100 valence electrons. The Balaban J connectivity index is 1.62. The van der Waals surface area contributed by atoms with Crippen LogP contribution in [0.3, 0.4) is 0 Å². The molecule has 0 radical (unpaired) electrons. The molecule has 1 aromatic rings. The summed E-state index contributed by atoms with van der Waals surface area (Å²) in [7, 11) is -2.73. The van der Waals surface area contributed by atoms with E-state index in [1.807, 2.05) is 30.0 Å². The molecule has 1 aliphatic heterocycles. The molecule has 0 aliphatic carbocycles. The Kier molecular flexibility index (Phi) is 5.09. The maximum atomic E-state index is 11.3.